The number of para-hydroxylation sites is 1. The summed E-state index contributed by atoms with van der Waals surface area (Å²) in [5.41, 5.74) is 2.07. The third kappa shape index (κ3) is 3.15. The molecule has 0 saturated heterocycles. The van der Waals surface area contributed by atoms with Gasteiger partial charge in [0.1, 0.15) is 0 Å². The zero-order valence-corrected chi connectivity index (χ0v) is 11.7. The van der Waals surface area contributed by atoms with Crippen LogP contribution in [0, 0.1) is 17.0 Å². The first kappa shape index (κ1) is 14.5. The largest absolute Gasteiger partial charge is 0.388 e. The van der Waals surface area contributed by atoms with E-state index in [9.17, 15) is 15.2 Å². The lowest BCUT2D eigenvalue weighted by Crippen LogP contribution is -2.05. The van der Waals surface area contributed by atoms with E-state index in [-0.39, 0.29) is 12.1 Å². The van der Waals surface area contributed by atoms with Gasteiger partial charge in [-0.1, -0.05) is 41.9 Å². The third-order valence-corrected chi connectivity index (χ3v) is 3.44. The van der Waals surface area contributed by atoms with Gasteiger partial charge in [0.05, 0.1) is 11.0 Å². The smallest absolute Gasteiger partial charge is 0.272 e. The van der Waals surface area contributed by atoms with E-state index in [2.05, 4.69) is 0 Å². The summed E-state index contributed by atoms with van der Waals surface area (Å²) in [4.78, 5) is 10.5. The number of aryl methyl sites for hydroxylation is 1. The Bertz CT molecular complexity index is 643. The minimum absolute atomic E-state index is 0.00906. The van der Waals surface area contributed by atoms with E-state index in [1.54, 1.807) is 30.3 Å². The Hall–Kier alpha value is -1.91. The monoisotopic (exact) mass is 291 g/mol. The van der Waals surface area contributed by atoms with E-state index in [1.807, 2.05) is 13.0 Å². The molecule has 0 radical (unpaired) electrons. The number of benzene rings is 2. The van der Waals surface area contributed by atoms with Crippen LogP contribution in [0.2, 0.25) is 5.02 Å². The average Bonchev–Trinajstić information content (AvgIpc) is 2.38. The molecule has 1 N–H and O–H groups in total. The molecule has 0 fully saturated rings. The van der Waals surface area contributed by atoms with Crippen molar-refractivity contribution in [3.8, 4) is 0 Å². The second kappa shape index (κ2) is 6.03. The highest BCUT2D eigenvalue weighted by atomic mass is 35.5. The van der Waals surface area contributed by atoms with Crippen LogP contribution < -0.4 is 0 Å². The minimum atomic E-state index is -0.871. The van der Waals surface area contributed by atoms with Gasteiger partial charge in [0.2, 0.25) is 0 Å². The van der Waals surface area contributed by atoms with Crippen molar-refractivity contribution in [2.75, 3.05) is 0 Å². The Kier molecular flexibility index (Phi) is 4.37. The van der Waals surface area contributed by atoms with Crippen molar-refractivity contribution in [2.24, 2.45) is 0 Å². The highest BCUT2D eigenvalue weighted by Crippen LogP contribution is 2.29. The molecule has 0 heterocycles. The molecule has 5 heteroatoms. The maximum absolute atomic E-state index is 10.9. The normalized spacial score (nSPS) is 12.2. The van der Waals surface area contributed by atoms with Crippen molar-refractivity contribution in [1.29, 1.82) is 0 Å². The highest BCUT2D eigenvalue weighted by molar-refractivity contribution is 6.31. The molecule has 4 nitrogen and oxygen atoms in total. The Labute approximate surface area is 121 Å². The molecule has 1 atom stereocenters. The first-order valence-electron chi connectivity index (χ1n) is 6.15. The Morgan fingerprint density at radius 3 is 2.65 bits per heavy atom. The van der Waals surface area contributed by atoms with Crippen LogP contribution in [0.3, 0.4) is 0 Å². The van der Waals surface area contributed by atoms with Gasteiger partial charge in [-0.05, 0) is 24.1 Å². The van der Waals surface area contributed by atoms with E-state index in [1.165, 1.54) is 6.07 Å². The van der Waals surface area contributed by atoms with Gasteiger partial charge < -0.3 is 5.11 Å². The van der Waals surface area contributed by atoms with Gasteiger partial charge in [-0.25, -0.2) is 0 Å². The number of halogens is 1. The first-order valence-corrected chi connectivity index (χ1v) is 6.53. The maximum atomic E-state index is 10.9. The predicted molar refractivity (Wildman–Crippen MR) is 77.9 cm³/mol. The lowest BCUT2D eigenvalue weighted by molar-refractivity contribution is -0.385. The molecule has 0 aromatic heterocycles. The van der Waals surface area contributed by atoms with Crippen molar-refractivity contribution in [2.45, 2.75) is 19.4 Å². The summed E-state index contributed by atoms with van der Waals surface area (Å²) in [6.07, 6.45) is -0.718. The molecular formula is C15H14ClNO3. The lowest BCUT2D eigenvalue weighted by atomic mass is 9.99. The number of nitrogens with zero attached hydrogens (tertiary/aromatic N) is 1. The fourth-order valence-corrected chi connectivity index (χ4v) is 2.44. The molecule has 1 unspecified atom stereocenters. The van der Waals surface area contributed by atoms with Crippen LogP contribution >= 0.6 is 11.6 Å². The molecule has 20 heavy (non-hydrogen) atoms. The van der Waals surface area contributed by atoms with Crippen LogP contribution in [0.1, 0.15) is 22.8 Å². The fraction of sp³-hybridized carbons (Fsp3) is 0.200. The van der Waals surface area contributed by atoms with Crippen LogP contribution in [-0.4, -0.2) is 10.0 Å². The summed E-state index contributed by atoms with van der Waals surface area (Å²) < 4.78 is 0. The zero-order chi connectivity index (χ0) is 14.7. The average molecular weight is 292 g/mol. The van der Waals surface area contributed by atoms with E-state index in [0.717, 1.165) is 5.56 Å². The fourth-order valence-electron chi connectivity index (χ4n) is 2.08. The van der Waals surface area contributed by atoms with Gasteiger partial charge in [-0.2, -0.15) is 0 Å². The minimum Gasteiger partial charge on any atom is -0.388 e. The quantitative estimate of drug-likeness (QED) is 0.688. The third-order valence-electron chi connectivity index (χ3n) is 3.12. The summed E-state index contributed by atoms with van der Waals surface area (Å²) in [6.45, 7) is 1.91. The van der Waals surface area contributed by atoms with Crippen LogP contribution in [0.4, 0.5) is 5.69 Å². The van der Waals surface area contributed by atoms with Gasteiger partial charge in [-0.15, -0.1) is 0 Å². The van der Waals surface area contributed by atoms with E-state index in [4.69, 9.17) is 11.6 Å². The van der Waals surface area contributed by atoms with Gasteiger partial charge in [0.15, 0.2) is 0 Å². The summed E-state index contributed by atoms with van der Waals surface area (Å²) in [6, 6.07) is 11.8. The van der Waals surface area contributed by atoms with Crippen molar-refractivity contribution < 1.29 is 10.0 Å². The topological polar surface area (TPSA) is 63.4 Å². The highest BCUT2D eigenvalue weighted by Gasteiger charge is 2.18. The molecule has 0 aliphatic carbocycles. The van der Waals surface area contributed by atoms with Crippen LogP contribution in [-0.2, 0) is 6.42 Å². The maximum Gasteiger partial charge on any atom is 0.272 e. The van der Waals surface area contributed by atoms with Crippen molar-refractivity contribution in [3.05, 3.63) is 74.3 Å². The molecular weight excluding hydrogens is 278 g/mol. The second-order valence-corrected chi connectivity index (χ2v) is 5.04. The standard InChI is InChI=1S/C15H14ClNO3/c1-10-6-7-12(13(16)8-10)15(18)9-11-4-2-3-5-14(11)17(19)20/h2-8,15,18H,9H2,1H3. The number of nitro groups is 1. The van der Waals surface area contributed by atoms with Gasteiger partial charge in [0.25, 0.3) is 5.69 Å². The van der Waals surface area contributed by atoms with E-state index < -0.39 is 11.0 Å². The Morgan fingerprint density at radius 2 is 2.00 bits per heavy atom. The Balaban J connectivity index is 2.28. The SMILES string of the molecule is Cc1ccc(C(O)Cc2ccccc2[N+](=O)[O-])c(Cl)c1. The molecule has 0 amide bonds. The molecule has 2 aromatic carbocycles. The van der Waals surface area contributed by atoms with Crippen LogP contribution in [0.5, 0.6) is 0 Å². The number of nitro benzene ring substituents is 1. The van der Waals surface area contributed by atoms with Crippen LogP contribution in [0.15, 0.2) is 42.5 Å². The number of rotatable bonds is 4. The lowest BCUT2D eigenvalue weighted by Gasteiger charge is -2.13. The van der Waals surface area contributed by atoms with Crippen LogP contribution in [0.25, 0.3) is 0 Å². The number of hydrogen-bond donors (Lipinski definition) is 1. The summed E-state index contributed by atoms with van der Waals surface area (Å²) in [5.74, 6) is 0. The number of aliphatic hydroxyl groups is 1. The van der Waals surface area contributed by atoms with Crippen molar-refractivity contribution >= 4 is 17.3 Å². The molecule has 0 saturated carbocycles. The second-order valence-electron chi connectivity index (χ2n) is 4.63. The van der Waals surface area contributed by atoms with Gasteiger partial charge in [0, 0.05) is 23.1 Å². The summed E-state index contributed by atoms with van der Waals surface area (Å²) >= 11 is 6.10. The molecule has 2 aromatic rings. The molecule has 104 valence electrons. The molecule has 2 rings (SSSR count). The zero-order valence-electron chi connectivity index (χ0n) is 10.9. The molecule has 0 spiro atoms. The van der Waals surface area contributed by atoms with Gasteiger partial charge >= 0.3 is 0 Å². The molecule has 0 bridgehead atoms. The van der Waals surface area contributed by atoms with E-state index in [0.29, 0.717) is 16.1 Å². The van der Waals surface area contributed by atoms with Crippen molar-refractivity contribution in [1.82, 2.24) is 0 Å². The van der Waals surface area contributed by atoms with Gasteiger partial charge in [-0.3, -0.25) is 10.1 Å². The molecule has 0 aliphatic heterocycles. The number of hydrogen-bond acceptors (Lipinski definition) is 3. The Morgan fingerprint density at radius 1 is 1.30 bits per heavy atom. The summed E-state index contributed by atoms with van der Waals surface area (Å²) in [7, 11) is 0. The van der Waals surface area contributed by atoms with E-state index >= 15 is 0 Å². The van der Waals surface area contributed by atoms with Crippen molar-refractivity contribution in [3.63, 3.8) is 0 Å². The predicted octanol–water partition coefficient (Wildman–Crippen LogP) is 3.83. The summed E-state index contributed by atoms with van der Waals surface area (Å²) in [5, 5.41) is 21.7. The first-order chi connectivity index (χ1) is 9.49. The number of aliphatic hydroxyl groups excluding tert-OH is 1. The molecule has 0 aliphatic rings.